The number of hydrogen-bond donors (Lipinski definition) is 2. The molecule has 3 rings (SSSR count). The minimum atomic E-state index is 0.487. The molecule has 1 aromatic rings. The third-order valence-electron chi connectivity index (χ3n) is 3.67. The van der Waals surface area contributed by atoms with Crippen molar-refractivity contribution in [2.75, 3.05) is 11.1 Å². The normalized spacial score (nSPS) is 19.1. The van der Waals surface area contributed by atoms with Gasteiger partial charge in [-0.1, -0.05) is 0 Å². The summed E-state index contributed by atoms with van der Waals surface area (Å²) in [6.45, 7) is 0. The molecule has 2 fully saturated rings. The maximum absolute atomic E-state index is 8.93. The van der Waals surface area contributed by atoms with Gasteiger partial charge in [0.25, 0.3) is 0 Å². The molecular weight excluding hydrogens is 212 g/mol. The number of nitrogen functional groups attached to an aromatic ring is 1. The lowest BCUT2D eigenvalue weighted by Gasteiger charge is -2.19. The zero-order chi connectivity index (χ0) is 11.8. The van der Waals surface area contributed by atoms with E-state index in [1.807, 2.05) is 0 Å². The molecule has 0 atom stereocenters. The first kappa shape index (κ1) is 10.4. The van der Waals surface area contributed by atoms with E-state index in [1.54, 1.807) is 12.3 Å². The molecule has 2 aliphatic carbocycles. The Kier molecular flexibility index (Phi) is 2.40. The molecule has 4 nitrogen and oxygen atoms in total. The fourth-order valence-corrected chi connectivity index (χ4v) is 2.37. The molecule has 3 N–H and O–H groups in total. The van der Waals surface area contributed by atoms with Crippen LogP contribution >= 0.6 is 0 Å². The molecule has 2 saturated carbocycles. The topological polar surface area (TPSA) is 74.7 Å². The number of hydrogen-bond acceptors (Lipinski definition) is 4. The van der Waals surface area contributed by atoms with Gasteiger partial charge in [-0.2, -0.15) is 5.26 Å². The van der Waals surface area contributed by atoms with Crippen molar-refractivity contribution in [3.05, 3.63) is 17.8 Å². The zero-order valence-corrected chi connectivity index (χ0v) is 9.69. The third kappa shape index (κ3) is 2.05. The Balaban J connectivity index is 1.81. The molecule has 0 spiro atoms. The molecule has 1 heterocycles. The van der Waals surface area contributed by atoms with Crippen LogP contribution in [0.3, 0.4) is 0 Å². The van der Waals surface area contributed by atoms with Crippen molar-refractivity contribution in [2.45, 2.75) is 31.7 Å². The number of nitrogens with two attached hydrogens (primary N) is 1. The molecule has 0 aromatic carbocycles. The van der Waals surface area contributed by atoms with Crippen LogP contribution < -0.4 is 11.1 Å². The number of anilines is 2. The van der Waals surface area contributed by atoms with Crippen LogP contribution in [0.5, 0.6) is 0 Å². The average Bonchev–Trinajstić information content (AvgIpc) is 3.19. The molecule has 88 valence electrons. The lowest BCUT2D eigenvalue weighted by molar-refractivity contribution is 0.566. The zero-order valence-electron chi connectivity index (χ0n) is 9.69. The van der Waals surface area contributed by atoms with Crippen LogP contribution in [0, 0.1) is 23.2 Å². The van der Waals surface area contributed by atoms with E-state index in [4.69, 9.17) is 11.0 Å². The number of nitrogens with one attached hydrogen (secondary N) is 1. The highest BCUT2D eigenvalue weighted by Crippen LogP contribution is 2.46. The highest BCUT2D eigenvalue weighted by molar-refractivity contribution is 5.69. The van der Waals surface area contributed by atoms with Crippen molar-refractivity contribution in [1.29, 1.82) is 5.26 Å². The first-order valence-corrected chi connectivity index (χ1v) is 6.20. The summed E-state index contributed by atoms with van der Waals surface area (Å²) in [4.78, 5) is 4.26. The van der Waals surface area contributed by atoms with Crippen LogP contribution in [0.2, 0.25) is 0 Å². The number of aromatic nitrogens is 1. The Bertz CT molecular complexity index is 457. The van der Waals surface area contributed by atoms with Gasteiger partial charge in [-0.25, -0.2) is 4.98 Å². The number of nitriles is 1. The molecule has 1 aromatic heterocycles. The molecule has 0 amide bonds. The second kappa shape index (κ2) is 3.92. The summed E-state index contributed by atoms with van der Waals surface area (Å²) in [5, 5.41) is 12.4. The number of nitrogens with zero attached hydrogens (tertiary/aromatic N) is 2. The van der Waals surface area contributed by atoms with Gasteiger partial charge in [0, 0.05) is 12.2 Å². The second-order valence-corrected chi connectivity index (χ2v) is 5.08. The lowest BCUT2D eigenvalue weighted by Crippen LogP contribution is -2.25. The van der Waals surface area contributed by atoms with Gasteiger partial charge in [-0.3, -0.25) is 0 Å². The lowest BCUT2D eigenvalue weighted by atomic mass is 10.1. The molecule has 4 heteroatoms. The maximum Gasteiger partial charge on any atom is 0.150 e. The summed E-state index contributed by atoms with van der Waals surface area (Å²) in [5.74, 6) is 2.26. The van der Waals surface area contributed by atoms with Crippen LogP contribution in [-0.2, 0) is 0 Å². The summed E-state index contributed by atoms with van der Waals surface area (Å²) in [7, 11) is 0. The van der Waals surface area contributed by atoms with Gasteiger partial charge in [-0.05, 0) is 43.6 Å². The summed E-state index contributed by atoms with van der Waals surface area (Å²) in [6, 6.07) is 4.26. The summed E-state index contributed by atoms with van der Waals surface area (Å²) in [5.41, 5.74) is 6.93. The predicted octanol–water partition coefficient (Wildman–Crippen LogP) is 2.14. The van der Waals surface area contributed by atoms with Crippen molar-refractivity contribution in [3.8, 4) is 6.07 Å². The highest BCUT2D eigenvalue weighted by atomic mass is 15.1. The quantitative estimate of drug-likeness (QED) is 0.827. The Morgan fingerprint density at radius 1 is 1.35 bits per heavy atom. The Hall–Kier alpha value is -1.76. The van der Waals surface area contributed by atoms with E-state index in [9.17, 15) is 0 Å². The van der Waals surface area contributed by atoms with E-state index in [0.717, 1.165) is 11.8 Å². The van der Waals surface area contributed by atoms with Crippen LogP contribution in [0.25, 0.3) is 0 Å². The van der Waals surface area contributed by atoms with Crippen molar-refractivity contribution in [3.63, 3.8) is 0 Å². The molecule has 2 aliphatic rings. The minimum Gasteiger partial charge on any atom is -0.395 e. The van der Waals surface area contributed by atoms with Gasteiger partial charge in [-0.15, -0.1) is 0 Å². The van der Waals surface area contributed by atoms with Gasteiger partial charge in [0.1, 0.15) is 6.07 Å². The summed E-state index contributed by atoms with van der Waals surface area (Å²) < 4.78 is 0. The molecule has 0 unspecified atom stereocenters. The molecule has 17 heavy (non-hydrogen) atoms. The third-order valence-corrected chi connectivity index (χ3v) is 3.67. The second-order valence-electron chi connectivity index (χ2n) is 5.08. The van der Waals surface area contributed by atoms with Gasteiger partial charge < -0.3 is 11.1 Å². The van der Waals surface area contributed by atoms with E-state index < -0.39 is 0 Å². The smallest absolute Gasteiger partial charge is 0.150 e. The van der Waals surface area contributed by atoms with Gasteiger partial charge in [0.15, 0.2) is 5.82 Å². The van der Waals surface area contributed by atoms with Crippen LogP contribution in [0.4, 0.5) is 11.5 Å². The van der Waals surface area contributed by atoms with E-state index >= 15 is 0 Å². The van der Waals surface area contributed by atoms with Crippen LogP contribution in [0.15, 0.2) is 12.3 Å². The standard InChI is InChI=1S/C13H16N4/c14-7-10-5-6-16-13(11(10)15)17-12(8-1-2-8)9-3-4-9/h5-6,8-9,12H,1-4,15H2,(H,16,17). The molecule has 0 saturated heterocycles. The number of rotatable bonds is 4. The largest absolute Gasteiger partial charge is 0.395 e. The van der Waals surface area contributed by atoms with E-state index in [2.05, 4.69) is 16.4 Å². The molecule has 0 radical (unpaired) electrons. The maximum atomic E-state index is 8.93. The molecule has 0 aliphatic heterocycles. The average molecular weight is 228 g/mol. The SMILES string of the molecule is N#Cc1ccnc(NC(C2CC2)C2CC2)c1N. The Morgan fingerprint density at radius 3 is 2.53 bits per heavy atom. The Morgan fingerprint density at radius 2 is 2.00 bits per heavy atom. The fraction of sp³-hybridized carbons (Fsp3) is 0.538. The highest BCUT2D eigenvalue weighted by Gasteiger charge is 2.41. The van der Waals surface area contributed by atoms with Crippen molar-refractivity contribution in [2.24, 2.45) is 11.8 Å². The number of pyridine rings is 1. The fourth-order valence-electron chi connectivity index (χ4n) is 2.37. The van der Waals surface area contributed by atoms with Crippen molar-refractivity contribution < 1.29 is 0 Å². The van der Waals surface area contributed by atoms with Gasteiger partial charge in [0.2, 0.25) is 0 Å². The predicted molar refractivity (Wildman–Crippen MR) is 66.2 cm³/mol. The van der Waals surface area contributed by atoms with E-state index in [0.29, 0.717) is 23.1 Å². The van der Waals surface area contributed by atoms with Crippen molar-refractivity contribution >= 4 is 11.5 Å². The van der Waals surface area contributed by atoms with Crippen molar-refractivity contribution in [1.82, 2.24) is 4.98 Å². The van der Waals surface area contributed by atoms with Gasteiger partial charge >= 0.3 is 0 Å². The van der Waals surface area contributed by atoms with Gasteiger partial charge in [0.05, 0.1) is 11.3 Å². The minimum absolute atomic E-state index is 0.487. The first-order chi connectivity index (χ1) is 8.29. The summed E-state index contributed by atoms with van der Waals surface area (Å²) >= 11 is 0. The first-order valence-electron chi connectivity index (χ1n) is 6.20. The summed E-state index contributed by atoms with van der Waals surface area (Å²) in [6.07, 6.45) is 6.89. The van der Waals surface area contributed by atoms with Crippen LogP contribution in [-0.4, -0.2) is 11.0 Å². The van der Waals surface area contributed by atoms with E-state index in [1.165, 1.54) is 25.7 Å². The van der Waals surface area contributed by atoms with E-state index in [-0.39, 0.29) is 0 Å². The Labute approximate surface area is 101 Å². The monoisotopic (exact) mass is 228 g/mol. The molecule has 0 bridgehead atoms. The van der Waals surface area contributed by atoms with Crippen LogP contribution in [0.1, 0.15) is 31.2 Å². The molecular formula is C13H16N4.